The van der Waals surface area contributed by atoms with Crippen molar-refractivity contribution in [1.82, 2.24) is 5.32 Å². The van der Waals surface area contributed by atoms with E-state index >= 15 is 0 Å². The van der Waals surface area contributed by atoms with Crippen molar-refractivity contribution in [2.24, 2.45) is 5.92 Å². The van der Waals surface area contributed by atoms with Crippen LogP contribution in [-0.2, 0) is 14.3 Å². The number of carbonyl (C=O) groups is 2. The molecule has 0 spiro atoms. The van der Waals surface area contributed by atoms with Gasteiger partial charge in [-0.3, -0.25) is 9.28 Å². The van der Waals surface area contributed by atoms with Gasteiger partial charge < -0.3 is 14.8 Å². The highest BCUT2D eigenvalue weighted by Crippen LogP contribution is 2.25. The molecule has 0 saturated heterocycles. The summed E-state index contributed by atoms with van der Waals surface area (Å²) < 4.78 is 11.4. The van der Waals surface area contributed by atoms with E-state index in [9.17, 15) is 9.59 Å². The Kier molecular flexibility index (Phi) is 29.6. The Morgan fingerprint density at radius 2 is 0.959 bits per heavy atom. The number of rotatable bonds is 34. The number of allylic oxidation sites excluding steroid dienone is 2. The summed E-state index contributed by atoms with van der Waals surface area (Å²) in [4.78, 5) is 24.2. The molecule has 0 radical (unpaired) electrons. The first-order valence-electron chi connectivity index (χ1n) is 21.2. The summed E-state index contributed by atoms with van der Waals surface area (Å²) >= 11 is 0. The van der Waals surface area contributed by atoms with Crippen molar-refractivity contribution in [3.05, 3.63) is 24.4 Å². The van der Waals surface area contributed by atoms with Crippen molar-refractivity contribution in [3.63, 3.8) is 0 Å². The van der Waals surface area contributed by atoms with E-state index in [0.29, 0.717) is 6.54 Å². The SMILES string of the molecule is CCCCCCCCCCCCCCCC[N+]1(CCCCCCCCCCCCCC)C=CC=CC1CNC(=O)OCCOC(=O)C(C)C. The Bertz CT molecular complexity index is 842. The quantitative estimate of drug-likeness (QED) is 0.0415. The lowest BCUT2D eigenvalue weighted by molar-refractivity contribution is -0.897. The van der Waals surface area contributed by atoms with Crippen LogP contribution in [0, 0.1) is 5.92 Å². The Labute approximate surface area is 304 Å². The molecule has 2 atom stereocenters. The number of amides is 1. The highest BCUT2D eigenvalue weighted by atomic mass is 16.6. The summed E-state index contributed by atoms with van der Waals surface area (Å²) in [5.41, 5.74) is 0. The van der Waals surface area contributed by atoms with Gasteiger partial charge in [0, 0.05) is 0 Å². The molecule has 1 heterocycles. The van der Waals surface area contributed by atoms with Gasteiger partial charge in [0.05, 0.1) is 31.8 Å². The lowest BCUT2D eigenvalue weighted by Crippen LogP contribution is -2.56. The van der Waals surface area contributed by atoms with E-state index < -0.39 is 6.09 Å². The number of carbonyl (C=O) groups excluding carboxylic acids is 2. The molecule has 2 unspecified atom stereocenters. The molecule has 0 aromatic rings. The smallest absolute Gasteiger partial charge is 0.407 e. The summed E-state index contributed by atoms with van der Waals surface area (Å²) in [5.74, 6) is -0.456. The molecule has 1 rings (SSSR count). The van der Waals surface area contributed by atoms with Crippen molar-refractivity contribution in [2.45, 2.75) is 201 Å². The van der Waals surface area contributed by atoms with Gasteiger partial charge in [-0.25, -0.2) is 4.79 Å². The second-order valence-electron chi connectivity index (χ2n) is 15.2. The highest BCUT2D eigenvalue weighted by Gasteiger charge is 2.34. The van der Waals surface area contributed by atoms with E-state index in [2.05, 4.69) is 43.6 Å². The Morgan fingerprint density at radius 3 is 1.37 bits per heavy atom. The zero-order valence-electron chi connectivity index (χ0n) is 33.0. The number of hydrogen-bond acceptors (Lipinski definition) is 4. The Hall–Kier alpha value is -1.82. The van der Waals surface area contributed by atoms with Gasteiger partial charge in [0.2, 0.25) is 0 Å². The standard InChI is InChI=1S/C43H80N2O4/c1-5-7-9-11-13-15-17-19-20-22-24-26-28-31-35-45(34-30-27-25-23-21-18-16-14-12-10-8-6-2)36-32-29-33-41(45)39-44-43(47)49-38-37-48-42(46)40(3)4/h29,32-33,36,40-41H,5-28,30-31,34-35,37-39H2,1-4H3/p+1. The molecule has 0 fully saturated rings. The fourth-order valence-electron chi connectivity index (χ4n) is 7.07. The number of quaternary nitrogens is 1. The van der Waals surface area contributed by atoms with E-state index in [4.69, 9.17) is 9.47 Å². The number of esters is 1. The number of unbranched alkanes of at least 4 members (excludes halogenated alkanes) is 24. The maximum Gasteiger partial charge on any atom is 0.407 e. The molecule has 0 aliphatic carbocycles. The number of alkyl carbamates (subject to hydrolysis) is 1. The second kappa shape index (κ2) is 32.1. The van der Waals surface area contributed by atoms with E-state index in [0.717, 1.165) is 17.6 Å². The summed E-state index contributed by atoms with van der Waals surface area (Å²) in [6.45, 7) is 11.1. The van der Waals surface area contributed by atoms with Crippen LogP contribution in [0.2, 0.25) is 0 Å². The van der Waals surface area contributed by atoms with Crippen LogP contribution >= 0.6 is 0 Å². The molecule has 0 saturated carbocycles. The largest absolute Gasteiger partial charge is 0.462 e. The molecule has 1 aliphatic heterocycles. The lowest BCUT2D eigenvalue weighted by atomic mass is 10.0. The van der Waals surface area contributed by atoms with E-state index in [1.54, 1.807) is 13.8 Å². The van der Waals surface area contributed by atoms with Crippen LogP contribution in [0.1, 0.15) is 195 Å². The van der Waals surface area contributed by atoms with Crippen molar-refractivity contribution < 1.29 is 23.5 Å². The molecule has 286 valence electrons. The molecule has 1 aliphatic rings. The minimum Gasteiger partial charge on any atom is -0.462 e. The Balaban J connectivity index is 2.46. The summed E-state index contributed by atoms with van der Waals surface area (Å²) in [6.07, 6.45) is 44.1. The van der Waals surface area contributed by atoms with E-state index in [1.165, 1.54) is 167 Å². The third kappa shape index (κ3) is 24.9. The van der Waals surface area contributed by atoms with Gasteiger partial charge in [-0.05, 0) is 37.8 Å². The van der Waals surface area contributed by atoms with Gasteiger partial charge in [-0.1, -0.05) is 175 Å². The zero-order chi connectivity index (χ0) is 35.7. The average molecular weight is 690 g/mol. The van der Waals surface area contributed by atoms with Crippen molar-refractivity contribution >= 4 is 12.1 Å². The molecule has 0 aromatic carbocycles. The van der Waals surface area contributed by atoms with Gasteiger partial charge in [-0.15, -0.1) is 0 Å². The first kappa shape index (κ1) is 45.2. The van der Waals surface area contributed by atoms with E-state index in [1.807, 2.05) is 0 Å². The molecule has 6 heteroatoms. The molecule has 6 nitrogen and oxygen atoms in total. The van der Waals surface area contributed by atoms with Crippen LogP contribution in [0.15, 0.2) is 24.4 Å². The fourth-order valence-corrected chi connectivity index (χ4v) is 7.07. The van der Waals surface area contributed by atoms with Crippen LogP contribution < -0.4 is 5.32 Å². The van der Waals surface area contributed by atoms with Crippen LogP contribution in [0.25, 0.3) is 0 Å². The van der Waals surface area contributed by atoms with Gasteiger partial charge in [0.1, 0.15) is 19.3 Å². The second-order valence-corrected chi connectivity index (χ2v) is 15.2. The number of ether oxygens (including phenoxy) is 2. The first-order chi connectivity index (χ1) is 23.9. The maximum absolute atomic E-state index is 12.5. The molecule has 1 amide bonds. The normalized spacial score (nSPS) is 17.1. The molecular formula is C43H81N2O4+. The van der Waals surface area contributed by atoms with Gasteiger partial charge in [0.15, 0.2) is 0 Å². The van der Waals surface area contributed by atoms with Crippen LogP contribution in [-0.4, -0.2) is 55.4 Å². The predicted molar refractivity (Wildman–Crippen MR) is 209 cm³/mol. The summed E-state index contributed by atoms with van der Waals surface area (Å²) in [7, 11) is 0. The zero-order valence-corrected chi connectivity index (χ0v) is 33.0. The number of nitrogens with one attached hydrogen (secondary N) is 1. The molecule has 49 heavy (non-hydrogen) atoms. The third-order valence-electron chi connectivity index (χ3n) is 10.3. The predicted octanol–water partition coefficient (Wildman–Crippen LogP) is 12.4. The topological polar surface area (TPSA) is 64.6 Å². The first-order valence-corrected chi connectivity index (χ1v) is 21.2. The van der Waals surface area contributed by atoms with Gasteiger partial charge in [0.25, 0.3) is 0 Å². The minimum absolute atomic E-state index is 0.0720. The molecule has 0 bridgehead atoms. The third-order valence-corrected chi connectivity index (χ3v) is 10.3. The number of hydrogen-bond donors (Lipinski definition) is 1. The van der Waals surface area contributed by atoms with Crippen LogP contribution in [0.4, 0.5) is 4.79 Å². The lowest BCUT2D eigenvalue weighted by Gasteiger charge is -2.42. The van der Waals surface area contributed by atoms with Gasteiger partial charge in [-0.2, -0.15) is 0 Å². The number of nitrogens with zero attached hydrogens (tertiary/aromatic N) is 1. The maximum atomic E-state index is 12.5. The highest BCUT2D eigenvalue weighted by molar-refractivity contribution is 5.71. The van der Waals surface area contributed by atoms with E-state index in [-0.39, 0.29) is 31.1 Å². The fraction of sp³-hybridized carbons (Fsp3) is 0.860. The summed E-state index contributed by atoms with van der Waals surface area (Å²) in [6, 6.07) is 0.200. The van der Waals surface area contributed by atoms with Gasteiger partial charge >= 0.3 is 12.1 Å². The summed E-state index contributed by atoms with van der Waals surface area (Å²) in [5, 5.41) is 3.01. The van der Waals surface area contributed by atoms with Crippen LogP contribution in [0.5, 0.6) is 0 Å². The Morgan fingerprint density at radius 1 is 0.571 bits per heavy atom. The monoisotopic (exact) mass is 690 g/mol. The van der Waals surface area contributed by atoms with Crippen molar-refractivity contribution in [1.29, 1.82) is 0 Å². The average Bonchev–Trinajstić information content (AvgIpc) is 3.10. The molecular weight excluding hydrogens is 608 g/mol. The van der Waals surface area contributed by atoms with Crippen molar-refractivity contribution in [3.8, 4) is 0 Å². The molecule has 1 N–H and O–H groups in total. The minimum atomic E-state index is -0.441. The molecule has 0 aromatic heterocycles. The van der Waals surface area contributed by atoms with Crippen LogP contribution in [0.3, 0.4) is 0 Å². The van der Waals surface area contributed by atoms with Crippen molar-refractivity contribution in [2.75, 3.05) is 32.8 Å².